The first kappa shape index (κ1) is 13.4. The van der Waals surface area contributed by atoms with Crippen LogP contribution in [0.1, 0.15) is 21.7 Å². The third-order valence-corrected chi connectivity index (χ3v) is 3.78. The van der Waals surface area contributed by atoms with E-state index in [1.807, 2.05) is 30.3 Å². The van der Waals surface area contributed by atoms with Crippen LogP contribution in [0.15, 0.2) is 48.5 Å². The standard InChI is InChI=1S/C14H13NO3S/c16-14(17)13-8-4-7-12(15-13)10-19(18)9-11-5-2-1-3-6-11/h1-8H,9-10H2,(H,16,17). The highest BCUT2D eigenvalue weighted by Crippen LogP contribution is 2.08. The number of benzene rings is 1. The molecule has 98 valence electrons. The molecule has 0 bridgehead atoms. The number of carboxylic acids is 1. The van der Waals surface area contributed by atoms with Gasteiger partial charge in [-0.25, -0.2) is 9.78 Å². The minimum Gasteiger partial charge on any atom is -0.477 e. The molecule has 0 fully saturated rings. The van der Waals surface area contributed by atoms with E-state index in [4.69, 9.17) is 5.11 Å². The molecule has 0 spiro atoms. The third-order valence-electron chi connectivity index (χ3n) is 2.51. The van der Waals surface area contributed by atoms with Crippen molar-refractivity contribution in [1.29, 1.82) is 0 Å². The van der Waals surface area contributed by atoms with Crippen molar-refractivity contribution < 1.29 is 14.1 Å². The molecule has 1 atom stereocenters. The quantitative estimate of drug-likeness (QED) is 0.908. The predicted octanol–water partition coefficient (Wildman–Crippen LogP) is 2.23. The van der Waals surface area contributed by atoms with Crippen molar-refractivity contribution >= 4 is 16.8 Å². The second kappa shape index (κ2) is 6.24. The molecule has 0 aliphatic heterocycles. The van der Waals surface area contributed by atoms with Gasteiger partial charge >= 0.3 is 5.97 Å². The van der Waals surface area contributed by atoms with Crippen LogP contribution in [0, 0.1) is 0 Å². The van der Waals surface area contributed by atoms with E-state index in [-0.39, 0.29) is 11.4 Å². The third kappa shape index (κ3) is 3.99. The second-order valence-electron chi connectivity index (χ2n) is 4.03. The van der Waals surface area contributed by atoms with Crippen LogP contribution in [-0.2, 0) is 22.3 Å². The van der Waals surface area contributed by atoms with Crippen LogP contribution in [0.5, 0.6) is 0 Å². The Kier molecular flexibility index (Phi) is 4.41. The Balaban J connectivity index is 2.03. The van der Waals surface area contributed by atoms with Gasteiger partial charge in [0.25, 0.3) is 0 Å². The number of carbonyl (C=O) groups is 1. The molecular formula is C14H13NO3S. The van der Waals surface area contributed by atoms with E-state index in [1.54, 1.807) is 12.1 Å². The van der Waals surface area contributed by atoms with Gasteiger partial charge in [0, 0.05) is 16.6 Å². The van der Waals surface area contributed by atoms with Crippen LogP contribution in [0.4, 0.5) is 0 Å². The largest absolute Gasteiger partial charge is 0.477 e. The maximum atomic E-state index is 12.0. The normalized spacial score (nSPS) is 12.0. The lowest BCUT2D eigenvalue weighted by atomic mass is 10.2. The molecule has 0 radical (unpaired) electrons. The van der Waals surface area contributed by atoms with Crippen LogP contribution in [0.25, 0.3) is 0 Å². The number of hydrogen-bond donors (Lipinski definition) is 1. The molecule has 1 heterocycles. The minimum absolute atomic E-state index is 0.0192. The van der Waals surface area contributed by atoms with Crippen molar-refractivity contribution in [3.05, 3.63) is 65.5 Å². The Morgan fingerprint density at radius 2 is 1.79 bits per heavy atom. The van der Waals surface area contributed by atoms with Crippen molar-refractivity contribution in [2.45, 2.75) is 11.5 Å². The highest BCUT2D eigenvalue weighted by atomic mass is 32.2. The molecule has 0 saturated heterocycles. The van der Waals surface area contributed by atoms with Crippen molar-refractivity contribution in [2.24, 2.45) is 0 Å². The maximum Gasteiger partial charge on any atom is 0.354 e. The van der Waals surface area contributed by atoms with Gasteiger partial charge in [-0.3, -0.25) is 4.21 Å². The monoisotopic (exact) mass is 275 g/mol. The van der Waals surface area contributed by atoms with Crippen LogP contribution in [0.2, 0.25) is 0 Å². The van der Waals surface area contributed by atoms with Crippen LogP contribution < -0.4 is 0 Å². The lowest BCUT2D eigenvalue weighted by Crippen LogP contribution is -2.05. The van der Waals surface area contributed by atoms with Crippen molar-refractivity contribution in [2.75, 3.05) is 0 Å². The maximum absolute atomic E-state index is 12.0. The van der Waals surface area contributed by atoms with E-state index >= 15 is 0 Å². The van der Waals surface area contributed by atoms with Crippen LogP contribution in [-0.4, -0.2) is 20.3 Å². The predicted molar refractivity (Wildman–Crippen MR) is 73.2 cm³/mol. The summed E-state index contributed by atoms with van der Waals surface area (Å²) in [6.45, 7) is 0. The van der Waals surface area contributed by atoms with Crippen LogP contribution in [0.3, 0.4) is 0 Å². The van der Waals surface area contributed by atoms with E-state index < -0.39 is 16.8 Å². The van der Waals surface area contributed by atoms with E-state index in [0.717, 1.165) is 5.56 Å². The van der Waals surface area contributed by atoms with Gasteiger partial charge in [-0.05, 0) is 17.7 Å². The lowest BCUT2D eigenvalue weighted by Gasteiger charge is -2.03. The van der Waals surface area contributed by atoms with E-state index in [9.17, 15) is 9.00 Å². The van der Waals surface area contributed by atoms with E-state index in [1.165, 1.54) is 6.07 Å². The molecule has 1 aromatic heterocycles. The van der Waals surface area contributed by atoms with Crippen molar-refractivity contribution in [1.82, 2.24) is 4.98 Å². The minimum atomic E-state index is -1.10. The Morgan fingerprint density at radius 1 is 1.05 bits per heavy atom. The van der Waals surface area contributed by atoms with Gasteiger partial charge in [-0.15, -0.1) is 0 Å². The summed E-state index contributed by atoms with van der Waals surface area (Å²) in [6.07, 6.45) is 0. The molecule has 1 aromatic carbocycles. The Labute approximate surface area is 113 Å². The van der Waals surface area contributed by atoms with Crippen molar-refractivity contribution in [3.8, 4) is 0 Å². The highest BCUT2D eigenvalue weighted by molar-refractivity contribution is 7.83. The fourth-order valence-corrected chi connectivity index (χ4v) is 2.81. The second-order valence-corrected chi connectivity index (χ2v) is 5.49. The molecular weight excluding hydrogens is 262 g/mol. The molecule has 0 amide bonds. The highest BCUT2D eigenvalue weighted by Gasteiger charge is 2.08. The van der Waals surface area contributed by atoms with Crippen molar-refractivity contribution in [3.63, 3.8) is 0 Å². The summed E-state index contributed by atoms with van der Waals surface area (Å²) in [5.41, 5.74) is 1.51. The number of pyridine rings is 1. The van der Waals surface area contributed by atoms with Gasteiger partial charge < -0.3 is 5.11 Å². The number of rotatable bonds is 5. The van der Waals surface area contributed by atoms with Gasteiger partial charge in [0.2, 0.25) is 0 Å². The summed E-state index contributed by atoms with van der Waals surface area (Å²) in [6, 6.07) is 14.3. The summed E-state index contributed by atoms with van der Waals surface area (Å²) in [4.78, 5) is 14.8. The van der Waals surface area contributed by atoms with Crippen LogP contribution >= 0.6 is 0 Å². The summed E-state index contributed by atoms with van der Waals surface area (Å²) < 4.78 is 12.0. The smallest absolute Gasteiger partial charge is 0.354 e. The molecule has 2 rings (SSSR count). The lowest BCUT2D eigenvalue weighted by molar-refractivity contribution is 0.0690. The zero-order valence-electron chi connectivity index (χ0n) is 10.2. The number of nitrogens with zero attached hydrogens (tertiary/aromatic N) is 1. The molecule has 2 aromatic rings. The molecule has 0 aliphatic rings. The number of aromatic carboxylic acids is 1. The number of hydrogen-bond acceptors (Lipinski definition) is 3. The first-order valence-corrected chi connectivity index (χ1v) is 7.22. The van der Waals surface area contributed by atoms with Gasteiger partial charge in [0.15, 0.2) is 0 Å². The van der Waals surface area contributed by atoms with Gasteiger partial charge in [0.1, 0.15) is 5.69 Å². The fourth-order valence-electron chi connectivity index (χ4n) is 1.66. The Morgan fingerprint density at radius 3 is 2.47 bits per heavy atom. The summed E-state index contributed by atoms with van der Waals surface area (Å²) in [5, 5.41) is 8.84. The summed E-state index contributed by atoms with van der Waals surface area (Å²) in [5.74, 6) is -0.369. The topological polar surface area (TPSA) is 67.3 Å². The van der Waals surface area contributed by atoms with E-state index in [0.29, 0.717) is 11.4 Å². The molecule has 1 N–H and O–H groups in total. The number of aromatic nitrogens is 1. The Bertz CT molecular complexity index is 599. The molecule has 0 aliphatic carbocycles. The number of carboxylic acid groups (broad SMARTS) is 1. The summed E-state index contributed by atoms with van der Waals surface area (Å²) >= 11 is 0. The Hall–Kier alpha value is -2.01. The van der Waals surface area contributed by atoms with Gasteiger partial charge in [-0.1, -0.05) is 36.4 Å². The molecule has 19 heavy (non-hydrogen) atoms. The summed E-state index contributed by atoms with van der Waals surface area (Å²) in [7, 11) is -1.10. The zero-order chi connectivity index (χ0) is 13.7. The molecule has 5 heteroatoms. The zero-order valence-corrected chi connectivity index (χ0v) is 11.0. The van der Waals surface area contributed by atoms with E-state index in [2.05, 4.69) is 4.98 Å². The van der Waals surface area contributed by atoms with Gasteiger partial charge in [0.05, 0.1) is 11.4 Å². The van der Waals surface area contributed by atoms with Gasteiger partial charge in [-0.2, -0.15) is 0 Å². The molecule has 0 saturated carbocycles. The average Bonchev–Trinajstić information content (AvgIpc) is 2.40. The first-order valence-electron chi connectivity index (χ1n) is 5.73. The fraction of sp³-hybridized carbons (Fsp3) is 0.143. The molecule has 4 nitrogen and oxygen atoms in total. The average molecular weight is 275 g/mol. The first-order chi connectivity index (χ1) is 9.15. The SMILES string of the molecule is O=C(O)c1cccc(CS(=O)Cc2ccccc2)n1. The molecule has 1 unspecified atom stereocenters.